The summed E-state index contributed by atoms with van der Waals surface area (Å²) in [6.07, 6.45) is 0.687. The number of esters is 1. The first-order chi connectivity index (χ1) is 11.0. The zero-order valence-corrected chi connectivity index (χ0v) is 13.0. The number of aryl methyl sites for hydroxylation is 2. The van der Waals surface area contributed by atoms with Gasteiger partial charge < -0.3 is 10.1 Å². The van der Waals surface area contributed by atoms with Crippen molar-refractivity contribution >= 4 is 23.9 Å². The zero-order valence-electron chi connectivity index (χ0n) is 13.0. The average molecular weight is 311 g/mol. The SMILES string of the molecule is Cc1cc(C)cc(NC(=O)COC(=O)c2ccc(C=O)cc2)c1. The second kappa shape index (κ2) is 7.35. The molecule has 0 aromatic heterocycles. The lowest BCUT2D eigenvalue weighted by Gasteiger charge is -2.08. The average Bonchev–Trinajstić information content (AvgIpc) is 2.51. The van der Waals surface area contributed by atoms with Crippen LogP contribution < -0.4 is 5.32 Å². The van der Waals surface area contributed by atoms with E-state index in [1.165, 1.54) is 24.3 Å². The summed E-state index contributed by atoms with van der Waals surface area (Å²) >= 11 is 0. The molecule has 1 amide bonds. The lowest BCUT2D eigenvalue weighted by molar-refractivity contribution is -0.119. The fourth-order valence-electron chi connectivity index (χ4n) is 2.16. The third kappa shape index (κ3) is 4.78. The van der Waals surface area contributed by atoms with Crippen molar-refractivity contribution in [3.8, 4) is 0 Å². The van der Waals surface area contributed by atoms with E-state index in [4.69, 9.17) is 4.74 Å². The fraction of sp³-hybridized carbons (Fsp3) is 0.167. The molecule has 0 aliphatic heterocycles. The van der Waals surface area contributed by atoms with Crippen molar-refractivity contribution in [3.63, 3.8) is 0 Å². The molecule has 0 spiro atoms. The Balaban J connectivity index is 1.90. The Morgan fingerprint density at radius 3 is 2.22 bits per heavy atom. The van der Waals surface area contributed by atoms with Crippen molar-refractivity contribution in [2.75, 3.05) is 11.9 Å². The minimum Gasteiger partial charge on any atom is -0.452 e. The van der Waals surface area contributed by atoms with Gasteiger partial charge in [-0.05, 0) is 49.2 Å². The highest BCUT2D eigenvalue weighted by molar-refractivity contribution is 5.95. The molecular weight excluding hydrogens is 294 g/mol. The molecule has 5 nitrogen and oxygen atoms in total. The minimum atomic E-state index is -0.613. The van der Waals surface area contributed by atoms with Crippen molar-refractivity contribution in [2.24, 2.45) is 0 Å². The Morgan fingerprint density at radius 2 is 1.65 bits per heavy atom. The monoisotopic (exact) mass is 311 g/mol. The van der Waals surface area contributed by atoms with Gasteiger partial charge in [-0.3, -0.25) is 9.59 Å². The number of rotatable bonds is 5. The van der Waals surface area contributed by atoms with E-state index in [9.17, 15) is 14.4 Å². The fourth-order valence-corrected chi connectivity index (χ4v) is 2.16. The maximum absolute atomic E-state index is 11.8. The number of benzene rings is 2. The van der Waals surface area contributed by atoms with E-state index < -0.39 is 11.9 Å². The van der Waals surface area contributed by atoms with E-state index >= 15 is 0 Å². The molecule has 2 rings (SSSR count). The Kier molecular flexibility index (Phi) is 5.25. The van der Waals surface area contributed by atoms with Crippen molar-refractivity contribution in [2.45, 2.75) is 13.8 Å². The molecule has 118 valence electrons. The number of carbonyl (C=O) groups is 3. The molecule has 1 N–H and O–H groups in total. The van der Waals surface area contributed by atoms with Gasteiger partial charge in [0.2, 0.25) is 0 Å². The van der Waals surface area contributed by atoms with Crippen LogP contribution in [0.25, 0.3) is 0 Å². The highest BCUT2D eigenvalue weighted by atomic mass is 16.5. The van der Waals surface area contributed by atoms with Crippen LogP contribution in [-0.2, 0) is 9.53 Å². The lowest BCUT2D eigenvalue weighted by Crippen LogP contribution is -2.21. The summed E-state index contributed by atoms with van der Waals surface area (Å²) in [5.74, 6) is -1.02. The summed E-state index contributed by atoms with van der Waals surface area (Å²) in [7, 11) is 0. The first kappa shape index (κ1) is 16.4. The molecule has 0 heterocycles. The molecule has 0 aliphatic rings. The van der Waals surface area contributed by atoms with E-state index in [0.29, 0.717) is 17.5 Å². The van der Waals surface area contributed by atoms with E-state index in [2.05, 4.69) is 5.32 Å². The molecule has 23 heavy (non-hydrogen) atoms. The minimum absolute atomic E-state index is 0.287. The van der Waals surface area contributed by atoms with Gasteiger partial charge in [0.15, 0.2) is 6.61 Å². The second-order valence-corrected chi connectivity index (χ2v) is 5.24. The van der Waals surface area contributed by atoms with E-state index in [-0.39, 0.29) is 12.2 Å². The van der Waals surface area contributed by atoms with Crippen LogP contribution in [0.2, 0.25) is 0 Å². The number of aldehydes is 1. The van der Waals surface area contributed by atoms with Crippen LogP contribution in [0.15, 0.2) is 42.5 Å². The molecule has 5 heteroatoms. The Morgan fingerprint density at radius 1 is 1.04 bits per heavy atom. The summed E-state index contributed by atoms with van der Waals surface area (Å²) in [5.41, 5.74) is 3.49. The summed E-state index contributed by atoms with van der Waals surface area (Å²) in [5, 5.41) is 2.69. The molecule has 0 radical (unpaired) electrons. The quantitative estimate of drug-likeness (QED) is 0.680. The number of hydrogen-bond donors (Lipinski definition) is 1. The third-order valence-corrected chi connectivity index (χ3v) is 3.12. The Bertz CT molecular complexity index is 715. The van der Waals surface area contributed by atoms with Crippen LogP contribution in [-0.4, -0.2) is 24.8 Å². The highest BCUT2D eigenvalue weighted by Gasteiger charge is 2.10. The summed E-state index contributed by atoms with van der Waals surface area (Å²) in [6, 6.07) is 11.7. The van der Waals surface area contributed by atoms with E-state index in [0.717, 1.165) is 11.1 Å². The summed E-state index contributed by atoms with van der Waals surface area (Å²) < 4.78 is 4.96. The van der Waals surface area contributed by atoms with Crippen LogP contribution in [0.1, 0.15) is 31.8 Å². The van der Waals surface area contributed by atoms with Gasteiger partial charge >= 0.3 is 5.97 Å². The van der Waals surface area contributed by atoms with Gasteiger partial charge in [0.05, 0.1) is 5.56 Å². The largest absolute Gasteiger partial charge is 0.452 e. The lowest BCUT2D eigenvalue weighted by atomic mass is 10.1. The molecule has 2 aromatic rings. The van der Waals surface area contributed by atoms with Crippen LogP contribution in [0, 0.1) is 13.8 Å². The number of anilines is 1. The van der Waals surface area contributed by atoms with Gasteiger partial charge in [-0.15, -0.1) is 0 Å². The number of carbonyl (C=O) groups excluding carboxylic acids is 3. The Hall–Kier alpha value is -2.95. The smallest absolute Gasteiger partial charge is 0.338 e. The molecule has 0 saturated heterocycles. The van der Waals surface area contributed by atoms with Gasteiger partial charge in [0, 0.05) is 11.3 Å². The van der Waals surface area contributed by atoms with Crippen LogP contribution in [0.5, 0.6) is 0 Å². The number of ether oxygens (including phenoxy) is 1. The summed E-state index contributed by atoms with van der Waals surface area (Å²) in [4.78, 5) is 34.2. The van der Waals surface area contributed by atoms with Crippen molar-refractivity contribution in [3.05, 3.63) is 64.7 Å². The second-order valence-electron chi connectivity index (χ2n) is 5.24. The normalized spacial score (nSPS) is 10.0. The molecule has 0 saturated carbocycles. The predicted octanol–water partition coefficient (Wildman–Crippen LogP) is 2.91. The van der Waals surface area contributed by atoms with Crippen molar-refractivity contribution in [1.29, 1.82) is 0 Å². The zero-order chi connectivity index (χ0) is 16.8. The van der Waals surface area contributed by atoms with Crippen LogP contribution in [0.3, 0.4) is 0 Å². The van der Waals surface area contributed by atoms with Gasteiger partial charge in [-0.25, -0.2) is 4.79 Å². The van der Waals surface area contributed by atoms with E-state index in [1.54, 1.807) is 0 Å². The third-order valence-electron chi connectivity index (χ3n) is 3.12. The molecule has 0 unspecified atom stereocenters. The van der Waals surface area contributed by atoms with Gasteiger partial charge in [-0.2, -0.15) is 0 Å². The van der Waals surface area contributed by atoms with Crippen LogP contribution >= 0.6 is 0 Å². The van der Waals surface area contributed by atoms with Crippen LogP contribution in [0.4, 0.5) is 5.69 Å². The van der Waals surface area contributed by atoms with Gasteiger partial charge in [0.25, 0.3) is 5.91 Å². The molecule has 0 bridgehead atoms. The van der Waals surface area contributed by atoms with Crippen molar-refractivity contribution < 1.29 is 19.1 Å². The van der Waals surface area contributed by atoms with Gasteiger partial charge in [-0.1, -0.05) is 18.2 Å². The topological polar surface area (TPSA) is 72.5 Å². The first-order valence-electron chi connectivity index (χ1n) is 7.08. The molecule has 0 aliphatic carbocycles. The molecular formula is C18H17NO4. The summed E-state index contributed by atoms with van der Waals surface area (Å²) in [6.45, 7) is 3.50. The van der Waals surface area contributed by atoms with Gasteiger partial charge in [0.1, 0.15) is 6.29 Å². The molecule has 2 aromatic carbocycles. The molecule has 0 fully saturated rings. The standard InChI is InChI=1S/C18H17NO4/c1-12-7-13(2)9-16(8-12)19-17(21)11-23-18(22)15-5-3-14(10-20)4-6-15/h3-10H,11H2,1-2H3,(H,19,21). The van der Waals surface area contributed by atoms with E-state index in [1.807, 2.05) is 32.0 Å². The number of hydrogen-bond acceptors (Lipinski definition) is 4. The van der Waals surface area contributed by atoms with Crippen molar-refractivity contribution in [1.82, 2.24) is 0 Å². The number of amides is 1. The maximum Gasteiger partial charge on any atom is 0.338 e. The molecule has 0 atom stereocenters. The first-order valence-corrected chi connectivity index (χ1v) is 7.08. The Labute approximate surface area is 134 Å². The highest BCUT2D eigenvalue weighted by Crippen LogP contribution is 2.13. The predicted molar refractivity (Wildman–Crippen MR) is 86.7 cm³/mol. The maximum atomic E-state index is 11.8. The number of nitrogens with one attached hydrogen (secondary N) is 1.